The standard InChI is InChI=1S/C18H15FN2OS/c19-13-3-4-17-12(6-13)7-14(23-17)10-21-18(22)16-8-15(16)11-2-1-5-20-9-11/h1-7,9,15-16H,8,10H2,(H,21,22)/t15-,16-/m0/s1. The van der Waals surface area contributed by atoms with Gasteiger partial charge in [0.15, 0.2) is 0 Å². The average Bonchev–Trinajstić information content (AvgIpc) is 3.27. The van der Waals surface area contributed by atoms with Crippen LogP contribution in [-0.2, 0) is 11.3 Å². The summed E-state index contributed by atoms with van der Waals surface area (Å²) in [7, 11) is 0. The Labute approximate surface area is 137 Å². The number of fused-ring (bicyclic) bond motifs is 1. The highest BCUT2D eigenvalue weighted by atomic mass is 32.1. The lowest BCUT2D eigenvalue weighted by Crippen LogP contribution is -2.24. The molecule has 1 saturated carbocycles. The molecule has 23 heavy (non-hydrogen) atoms. The van der Waals surface area contributed by atoms with Gasteiger partial charge < -0.3 is 5.32 Å². The number of nitrogens with one attached hydrogen (secondary N) is 1. The van der Waals surface area contributed by atoms with E-state index in [0.717, 1.165) is 26.9 Å². The fraction of sp³-hybridized carbons (Fsp3) is 0.222. The van der Waals surface area contributed by atoms with Gasteiger partial charge in [0, 0.05) is 27.9 Å². The van der Waals surface area contributed by atoms with E-state index in [-0.39, 0.29) is 17.6 Å². The van der Waals surface area contributed by atoms with E-state index >= 15 is 0 Å². The van der Waals surface area contributed by atoms with Gasteiger partial charge in [0.05, 0.1) is 6.54 Å². The molecule has 0 bridgehead atoms. The minimum atomic E-state index is -0.233. The van der Waals surface area contributed by atoms with Crippen LogP contribution in [0.5, 0.6) is 0 Å². The van der Waals surface area contributed by atoms with Crippen molar-refractivity contribution in [3.63, 3.8) is 0 Å². The molecular weight excluding hydrogens is 311 g/mol. The molecular formula is C18H15FN2OS. The van der Waals surface area contributed by atoms with Crippen LogP contribution in [0.3, 0.4) is 0 Å². The minimum Gasteiger partial charge on any atom is -0.351 e. The van der Waals surface area contributed by atoms with Crippen molar-refractivity contribution in [3.05, 3.63) is 65.0 Å². The topological polar surface area (TPSA) is 42.0 Å². The highest BCUT2D eigenvalue weighted by Gasteiger charge is 2.43. The first-order chi connectivity index (χ1) is 11.2. The van der Waals surface area contributed by atoms with Gasteiger partial charge in [-0.1, -0.05) is 6.07 Å². The predicted octanol–water partition coefficient (Wildman–Crippen LogP) is 3.86. The van der Waals surface area contributed by atoms with Gasteiger partial charge in [0.2, 0.25) is 5.91 Å². The zero-order valence-corrected chi connectivity index (χ0v) is 13.1. The van der Waals surface area contributed by atoms with Crippen LogP contribution in [0.15, 0.2) is 48.8 Å². The zero-order valence-electron chi connectivity index (χ0n) is 12.3. The first-order valence-corrected chi connectivity index (χ1v) is 8.38. The second-order valence-corrected chi connectivity index (χ2v) is 7.02. The van der Waals surface area contributed by atoms with Crippen LogP contribution in [0.2, 0.25) is 0 Å². The lowest BCUT2D eigenvalue weighted by atomic mass is 10.1. The van der Waals surface area contributed by atoms with Crippen molar-refractivity contribution in [3.8, 4) is 0 Å². The second kappa shape index (κ2) is 5.74. The number of pyridine rings is 1. The fourth-order valence-corrected chi connectivity index (χ4v) is 3.89. The van der Waals surface area contributed by atoms with Crippen LogP contribution in [0.25, 0.3) is 10.1 Å². The van der Waals surface area contributed by atoms with Crippen LogP contribution in [-0.4, -0.2) is 10.9 Å². The molecule has 3 nitrogen and oxygen atoms in total. The predicted molar refractivity (Wildman–Crippen MR) is 88.7 cm³/mol. The third kappa shape index (κ3) is 2.97. The summed E-state index contributed by atoms with van der Waals surface area (Å²) in [6.45, 7) is 0.496. The van der Waals surface area contributed by atoms with Crippen molar-refractivity contribution in [2.24, 2.45) is 5.92 Å². The Kier molecular flexibility index (Phi) is 3.58. The number of hydrogen-bond donors (Lipinski definition) is 1. The number of carbonyl (C=O) groups excluding carboxylic acids is 1. The highest BCUT2D eigenvalue weighted by molar-refractivity contribution is 7.19. The molecule has 116 valence electrons. The first kappa shape index (κ1) is 14.3. The Bertz CT molecular complexity index is 862. The fourth-order valence-electron chi connectivity index (χ4n) is 2.91. The summed E-state index contributed by atoms with van der Waals surface area (Å²) in [6, 6.07) is 10.6. The van der Waals surface area contributed by atoms with Crippen molar-refractivity contribution in [2.45, 2.75) is 18.9 Å². The van der Waals surface area contributed by atoms with Crippen LogP contribution in [0.4, 0.5) is 4.39 Å². The molecule has 1 N–H and O–H groups in total. The minimum absolute atomic E-state index is 0.0472. The van der Waals surface area contributed by atoms with Gasteiger partial charge in [-0.2, -0.15) is 0 Å². The van der Waals surface area contributed by atoms with E-state index < -0.39 is 0 Å². The summed E-state index contributed by atoms with van der Waals surface area (Å²) < 4.78 is 14.2. The molecule has 0 saturated heterocycles. The van der Waals surface area contributed by atoms with Gasteiger partial charge in [0.1, 0.15) is 5.82 Å². The van der Waals surface area contributed by atoms with E-state index in [1.165, 1.54) is 12.1 Å². The van der Waals surface area contributed by atoms with E-state index in [1.54, 1.807) is 23.6 Å². The van der Waals surface area contributed by atoms with Crippen LogP contribution in [0.1, 0.15) is 22.8 Å². The van der Waals surface area contributed by atoms with Crippen molar-refractivity contribution in [1.29, 1.82) is 0 Å². The summed E-state index contributed by atoms with van der Waals surface area (Å²) in [6.07, 6.45) is 4.46. The van der Waals surface area contributed by atoms with Gasteiger partial charge in [-0.05, 0) is 53.6 Å². The normalized spacial score (nSPS) is 19.7. The number of rotatable bonds is 4. The number of halogens is 1. The van der Waals surface area contributed by atoms with Gasteiger partial charge in [-0.25, -0.2) is 4.39 Å². The Morgan fingerprint density at radius 1 is 1.35 bits per heavy atom. The van der Waals surface area contributed by atoms with Crippen molar-refractivity contribution < 1.29 is 9.18 Å². The molecule has 0 spiro atoms. The number of thiophene rings is 1. The molecule has 3 aromatic rings. The molecule has 0 radical (unpaired) electrons. The Morgan fingerprint density at radius 3 is 3.09 bits per heavy atom. The Morgan fingerprint density at radius 2 is 2.26 bits per heavy atom. The average molecular weight is 326 g/mol. The van der Waals surface area contributed by atoms with E-state index in [0.29, 0.717) is 12.5 Å². The maximum absolute atomic E-state index is 13.2. The lowest BCUT2D eigenvalue weighted by molar-refractivity contribution is -0.122. The van der Waals surface area contributed by atoms with Gasteiger partial charge in [-0.3, -0.25) is 9.78 Å². The van der Waals surface area contributed by atoms with E-state index in [2.05, 4.69) is 10.3 Å². The first-order valence-electron chi connectivity index (χ1n) is 7.56. The number of amides is 1. The van der Waals surface area contributed by atoms with Crippen LogP contribution >= 0.6 is 11.3 Å². The van der Waals surface area contributed by atoms with Crippen LogP contribution < -0.4 is 5.32 Å². The molecule has 1 aliphatic carbocycles. The number of nitrogens with zero attached hydrogens (tertiary/aromatic N) is 1. The van der Waals surface area contributed by atoms with E-state index in [9.17, 15) is 9.18 Å². The highest BCUT2D eigenvalue weighted by Crippen LogP contribution is 2.47. The summed E-state index contributed by atoms with van der Waals surface area (Å²) in [5.74, 6) is 0.192. The molecule has 1 amide bonds. The molecule has 5 heteroatoms. The van der Waals surface area contributed by atoms with Crippen molar-refractivity contribution in [1.82, 2.24) is 10.3 Å². The molecule has 2 atom stereocenters. The number of carbonyl (C=O) groups is 1. The maximum Gasteiger partial charge on any atom is 0.224 e. The summed E-state index contributed by atoms with van der Waals surface area (Å²) in [5, 5.41) is 3.88. The molecule has 0 unspecified atom stereocenters. The SMILES string of the molecule is O=C(NCc1cc2cc(F)ccc2s1)[C@H]1C[C@H]1c1cccnc1. The summed E-state index contributed by atoms with van der Waals surface area (Å²) in [5.41, 5.74) is 1.13. The molecule has 1 aliphatic rings. The Balaban J connectivity index is 1.38. The third-order valence-electron chi connectivity index (χ3n) is 4.21. The molecule has 4 rings (SSSR count). The largest absolute Gasteiger partial charge is 0.351 e. The van der Waals surface area contributed by atoms with Gasteiger partial charge >= 0.3 is 0 Å². The van der Waals surface area contributed by atoms with Crippen molar-refractivity contribution in [2.75, 3.05) is 0 Å². The third-order valence-corrected chi connectivity index (χ3v) is 5.32. The summed E-state index contributed by atoms with van der Waals surface area (Å²) >= 11 is 1.59. The molecule has 1 fully saturated rings. The molecule has 1 aromatic carbocycles. The van der Waals surface area contributed by atoms with Gasteiger partial charge in [-0.15, -0.1) is 11.3 Å². The van der Waals surface area contributed by atoms with Gasteiger partial charge in [0.25, 0.3) is 0 Å². The monoisotopic (exact) mass is 326 g/mol. The Hall–Kier alpha value is -2.27. The maximum atomic E-state index is 13.2. The molecule has 0 aliphatic heterocycles. The zero-order chi connectivity index (χ0) is 15.8. The lowest BCUT2D eigenvalue weighted by Gasteiger charge is -2.03. The van der Waals surface area contributed by atoms with Crippen molar-refractivity contribution >= 4 is 27.3 Å². The second-order valence-electron chi connectivity index (χ2n) is 5.85. The number of aromatic nitrogens is 1. The molecule has 2 heterocycles. The number of benzene rings is 1. The smallest absolute Gasteiger partial charge is 0.224 e. The van der Waals surface area contributed by atoms with E-state index in [4.69, 9.17) is 0 Å². The number of hydrogen-bond acceptors (Lipinski definition) is 3. The van der Waals surface area contributed by atoms with Crippen LogP contribution in [0, 0.1) is 11.7 Å². The molecule has 2 aromatic heterocycles. The van der Waals surface area contributed by atoms with E-state index in [1.807, 2.05) is 24.4 Å². The summed E-state index contributed by atoms with van der Waals surface area (Å²) in [4.78, 5) is 17.4. The quantitative estimate of drug-likeness (QED) is 0.791.